The van der Waals surface area contributed by atoms with Gasteiger partial charge < -0.3 is 15.0 Å². The molecule has 4 rings (SSSR count). The van der Waals surface area contributed by atoms with Crippen molar-refractivity contribution in [2.45, 2.75) is 44.9 Å². The average Bonchev–Trinajstić information content (AvgIpc) is 3.33. The molecule has 1 amide bonds. The number of carbonyl (C=O) groups is 1. The first kappa shape index (κ1) is 18.9. The summed E-state index contributed by atoms with van der Waals surface area (Å²) in [6, 6.07) is 5.21. The number of benzene rings is 1. The van der Waals surface area contributed by atoms with Crippen LogP contribution >= 0.6 is 0 Å². The maximum absolute atomic E-state index is 14.7. The molecule has 1 aromatic carbocycles. The molecule has 1 N–H and O–H groups in total. The second-order valence-electron chi connectivity index (χ2n) is 8.06. The van der Waals surface area contributed by atoms with Crippen molar-refractivity contribution in [1.29, 1.82) is 0 Å². The van der Waals surface area contributed by atoms with Crippen molar-refractivity contribution < 1.29 is 13.9 Å². The highest BCUT2D eigenvalue weighted by molar-refractivity contribution is 5.82. The topological polar surface area (TPSA) is 59.4 Å². The minimum atomic E-state index is -0.257. The van der Waals surface area contributed by atoms with E-state index in [4.69, 9.17) is 4.74 Å². The number of ether oxygens (including phenoxy) is 1. The van der Waals surface area contributed by atoms with Gasteiger partial charge in [-0.15, -0.1) is 0 Å². The molecule has 4 unspecified atom stereocenters. The molecule has 28 heavy (non-hydrogen) atoms. The highest BCUT2D eigenvalue weighted by atomic mass is 19.1. The molecule has 1 saturated heterocycles. The van der Waals surface area contributed by atoms with Gasteiger partial charge in [-0.3, -0.25) is 9.48 Å². The van der Waals surface area contributed by atoms with Gasteiger partial charge in [-0.05, 0) is 49.4 Å². The van der Waals surface area contributed by atoms with Gasteiger partial charge in [0, 0.05) is 38.8 Å². The predicted octanol–water partition coefficient (Wildman–Crippen LogP) is 2.59. The Morgan fingerprint density at radius 1 is 1.32 bits per heavy atom. The Kier molecular flexibility index (Phi) is 5.10. The van der Waals surface area contributed by atoms with Gasteiger partial charge >= 0.3 is 0 Å². The highest BCUT2D eigenvalue weighted by Gasteiger charge is 2.44. The third-order valence-corrected chi connectivity index (χ3v) is 5.52. The van der Waals surface area contributed by atoms with Crippen LogP contribution in [-0.2, 0) is 23.1 Å². The van der Waals surface area contributed by atoms with Crippen LogP contribution in [0.25, 0.3) is 0 Å². The third kappa shape index (κ3) is 4.04. The molecule has 0 bridgehead atoms. The number of aryl methyl sites for hydroxylation is 1. The van der Waals surface area contributed by atoms with Crippen LogP contribution in [0.15, 0.2) is 30.6 Å². The minimum absolute atomic E-state index is 0.00959. The quantitative estimate of drug-likeness (QED) is 0.858. The first-order valence-electron chi connectivity index (χ1n) is 9.86. The van der Waals surface area contributed by atoms with Crippen LogP contribution in [0.2, 0.25) is 0 Å². The fraction of sp³-hybridized carbons (Fsp3) is 0.524. The zero-order valence-electron chi connectivity index (χ0n) is 16.6. The first-order valence-corrected chi connectivity index (χ1v) is 9.86. The molecule has 2 heterocycles. The lowest BCUT2D eigenvalue weighted by molar-refractivity contribution is -0.122. The van der Waals surface area contributed by atoms with Crippen LogP contribution < -0.4 is 10.2 Å². The number of amides is 1. The lowest BCUT2D eigenvalue weighted by Gasteiger charge is -2.37. The smallest absolute Gasteiger partial charge is 0.224 e. The SMILES string of the molecule is CC1CN(c2ccc(CNC(=O)C3CC3c3cnn(C)c3)cc2F)CC(C)O1. The van der Waals surface area contributed by atoms with E-state index in [1.54, 1.807) is 10.7 Å². The lowest BCUT2D eigenvalue weighted by Crippen LogP contribution is -2.45. The average molecular weight is 386 g/mol. The molecule has 4 atom stereocenters. The second kappa shape index (κ2) is 7.54. The summed E-state index contributed by atoms with van der Waals surface area (Å²) in [5.74, 6) is 0.00429. The van der Waals surface area contributed by atoms with Gasteiger partial charge in [0.1, 0.15) is 5.82 Å². The number of halogens is 1. The van der Waals surface area contributed by atoms with Crippen LogP contribution in [0, 0.1) is 11.7 Å². The highest BCUT2D eigenvalue weighted by Crippen LogP contribution is 2.47. The van der Waals surface area contributed by atoms with Gasteiger partial charge in [0.25, 0.3) is 0 Å². The molecule has 2 aromatic rings. The minimum Gasteiger partial charge on any atom is -0.372 e. The Morgan fingerprint density at radius 2 is 2.07 bits per heavy atom. The zero-order valence-corrected chi connectivity index (χ0v) is 16.6. The Morgan fingerprint density at radius 3 is 2.71 bits per heavy atom. The van der Waals surface area contributed by atoms with E-state index in [0.29, 0.717) is 25.3 Å². The lowest BCUT2D eigenvalue weighted by atomic mass is 10.1. The maximum Gasteiger partial charge on any atom is 0.224 e. The van der Waals surface area contributed by atoms with Crippen molar-refractivity contribution in [2.24, 2.45) is 13.0 Å². The normalized spacial score (nSPS) is 26.9. The Labute approximate surface area is 164 Å². The van der Waals surface area contributed by atoms with E-state index < -0.39 is 0 Å². The van der Waals surface area contributed by atoms with E-state index in [-0.39, 0.29) is 35.8 Å². The van der Waals surface area contributed by atoms with Crippen LogP contribution in [0.1, 0.15) is 37.3 Å². The van der Waals surface area contributed by atoms with Gasteiger partial charge in [0.05, 0.1) is 24.1 Å². The van der Waals surface area contributed by atoms with E-state index >= 15 is 0 Å². The molecule has 0 spiro atoms. The van der Waals surface area contributed by atoms with Crippen molar-refractivity contribution in [3.05, 3.63) is 47.5 Å². The van der Waals surface area contributed by atoms with Crippen LogP contribution in [0.5, 0.6) is 0 Å². The van der Waals surface area contributed by atoms with Gasteiger partial charge in [0.15, 0.2) is 0 Å². The molecule has 1 saturated carbocycles. The van der Waals surface area contributed by atoms with E-state index in [2.05, 4.69) is 10.4 Å². The van der Waals surface area contributed by atoms with Crippen LogP contribution in [0.3, 0.4) is 0 Å². The molecular weight excluding hydrogens is 359 g/mol. The summed E-state index contributed by atoms with van der Waals surface area (Å²) >= 11 is 0. The fourth-order valence-electron chi connectivity index (χ4n) is 4.10. The Hall–Kier alpha value is -2.41. The third-order valence-electron chi connectivity index (χ3n) is 5.52. The fourth-order valence-corrected chi connectivity index (χ4v) is 4.10. The van der Waals surface area contributed by atoms with Gasteiger partial charge in [-0.2, -0.15) is 5.10 Å². The summed E-state index contributed by atoms with van der Waals surface area (Å²) in [4.78, 5) is 14.4. The van der Waals surface area contributed by atoms with Gasteiger partial charge in [-0.1, -0.05) is 6.07 Å². The number of rotatable bonds is 5. The van der Waals surface area contributed by atoms with Crippen molar-refractivity contribution in [3.63, 3.8) is 0 Å². The van der Waals surface area contributed by atoms with Crippen molar-refractivity contribution in [2.75, 3.05) is 18.0 Å². The number of aromatic nitrogens is 2. The molecule has 6 nitrogen and oxygen atoms in total. The van der Waals surface area contributed by atoms with E-state index in [0.717, 1.165) is 17.5 Å². The number of hydrogen-bond donors (Lipinski definition) is 1. The van der Waals surface area contributed by atoms with Crippen molar-refractivity contribution >= 4 is 11.6 Å². The largest absolute Gasteiger partial charge is 0.372 e. The molecule has 1 aliphatic carbocycles. The summed E-state index contributed by atoms with van der Waals surface area (Å²) < 4.78 is 22.1. The first-order chi connectivity index (χ1) is 13.4. The molecule has 2 fully saturated rings. The molecule has 2 aliphatic rings. The van der Waals surface area contributed by atoms with Crippen LogP contribution in [0.4, 0.5) is 10.1 Å². The number of nitrogens with zero attached hydrogens (tertiary/aromatic N) is 3. The van der Waals surface area contributed by atoms with Crippen molar-refractivity contribution in [3.8, 4) is 0 Å². The molecule has 1 aromatic heterocycles. The molecule has 7 heteroatoms. The molecule has 150 valence electrons. The van der Waals surface area contributed by atoms with E-state index in [1.165, 1.54) is 6.07 Å². The summed E-state index contributed by atoms with van der Waals surface area (Å²) in [7, 11) is 1.87. The second-order valence-corrected chi connectivity index (χ2v) is 8.06. The van der Waals surface area contributed by atoms with Gasteiger partial charge in [-0.25, -0.2) is 4.39 Å². The number of carbonyl (C=O) groups excluding carboxylic acids is 1. The molecular formula is C21H27FN4O2. The van der Waals surface area contributed by atoms with E-state index in [9.17, 15) is 9.18 Å². The Bertz CT molecular complexity index is 858. The number of hydrogen-bond acceptors (Lipinski definition) is 4. The Balaban J connectivity index is 1.33. The monoisotopic (exact) mass is 386 g/mol. The summed E-state index contributed by atoms with van der Waals surface area (Å²) in [5.41, 5.74) is 2.46. The number of nitrogens with one attached hydrogen (secondary N) is 1. The van der Waals surface area contributed by atoms with Gasteiger partial charge in [0.2, 0.25) is 5.91 Å². The standard InChI is InChI=1S/C21H27FN4O2/c1-13-10-26(11-14(2)28-13)20-5-4-15(6-19(20)22)8-23-21(27)18-7-17(18)16-9-24-25(3)12-16/h4-6,9,12-14,17-18H,7-8,10-11H2,1-3H3,(H,23,27). The maximum atomic E-state index is 14.7. The molecule has 0 radical (unpaired) electrons. The zero-order chi connectivity index (χ0) is 19.8. The summed E-state index contributed by atoms with van der Waals surface area (Å²) in [6.45, 7) is 5.69. The predicted molar refractivity (Wildman–Crippen MR) is 105 cm³/mol. The summed E-state index contributed by atoms with van der Waals surface area (Å²) in [6.07, 6.45) is 4.78. The van der Waals surface area contributed by atoms with E-state index in [1.807, 2.05) is 44.3 Å². The summed E-state index contributed by atoms with van der Waals surface area (Å²) in [5, 5.41) is 7.10. The van der Waals surface area contributed by atoms with Crippen molar-refractivity contribution in [1.82, 2.24) is 15.1 Å². The number of morpholine rings is 1. The van der Waals surface area contributed by atoms with Crippen LogP contribution in [-0.4, -0.2) is 41.0 Å². The number of anilines is 1. The molecule has 1 aliphatic heterocycles.